The van der Waals surface area contributed by atoms with E-state index in [1.54, 1.807) is 4.90 Å². The summed E-state index contributed by atoms with van der Waals surface area (Å²) in [6, 6.07) is 3.53. The third-order valence-corrected chi connectivity index (χ3v) is 3.10. The Bertz CT molecular complexity index is 435. The van der Waals surface area contributed by atoms with Crippen molar-refractivity contribution in [3.63, 3.8) is 0 Å². The van der Waals surface area contributed by atoms with Crippen LogP contribution >= 0.6 is 15.9 Å². The van der Waals surface area contributed by atoms with E-state index in [1.165, 1.54) is 6.07 Å². The van der Waals surface area contributed by atoms with Gasteiger partial charge in [-0.15, -0.1) is 0 Å². The lowest BCUT2D eigenvalue weighted by Gasteiger charge is -2.21. The Hall–Kier alpha value is -0.970. The lowest BCUT2D eigenvalue weighted by molar-refractivity contribution is 0.0754. The molecule has 1 aliphatic carbocycles. The number of benzene rings is 1. The van der Waals surface area contributed by atoms with Gasteiger partial charge in [0.25, 0.3) is 5.91 Å². The molecule has 5 heteroatoms. The van der Waals surface area contributed by atoms with Gasteiger partial charge in [-0.05, 0) is 31.0 Å². The van der Waals surface area contributed by atoms with Gasteiger partial charge >= 0.3 is 0 Å². The molecule has 0 radical (unpaired) electrons. The number of carbonyl (C=O) groups excluding carboxylic acids is 1. The van der Waals surface area contributed by atoms with Gasteiger partial charge in [-0.1, -0.05) is 15.9 Å². The van der Waals surface area contributed by atoms with Gasteiger partial charge in [-0.3, -0.25) is 4.79 Å². The van der Waals surface area contributed by atoms with Crippen LogP contribution in [0.15, 0.2) is 18.2 Å². The number of nitrogens with zero attached hydrogens (tertiary/aromatic N) is 1. The van der Waals surface area contributed by atoms with E-state index < -0.39 is 11.6 Å². The predicted octanol–water partition coefficient (Wildman–Crippen LogP) is 2.96. The maximum absolute atomic E-state index is 13.1. The van der Waals surface area contributed by atoms with Crippen LogP contribution in [0.25, 0.3) is 0 Å². The highest BCUT2D eigenvalue weighted by Gasteiger charge is 2.32. The van der Waals surface area contributed by atoms with Crippen molar-refractivity contribution < 1.29 is 13.6 Å². The molecule has 2 nitrogen and oxygen atoms in total. The van der Waals surface area contributed by atoms with Crippen molar-refractivity contribution in [1.82, 2.24) is 4.90 Å². The van der Waals surface area contributed by atoms with Crippen LogP contribution in [-0.4, -0.2) is 28.7 Å². The topological polar surface area (TPSA) is 20.3 Å². The standard InChI is InChI=1S/C12H12BrF2NO/c13-5-6-16(9-2-3-9)12(17)8-1-4-10(14)11(15)7-8/h1,4,7,9H,2-3,5-6H2. The number of rotatable bonds is 4. The first-order valence-electron chi connectivity index (χ1n) is 5.45. The van der Waals surface area contributed by atoms with Crippen LogP contribution in [0.5, 0.6) is 0 Å². The van der Waals surface area contributed by atoms with E-state index in [0.717, 1.165) is 25.0 Å². The highest BCUT2D eigenvalue weighted by Crippen LogP contribution is 2.28. The van der Waals surface area contributed by atoms with Gasteiger partial charge < -0.3 is 4.90 Å². The first kappa shape index (κ1) is 12.5. The van der Waals surface area contributed by atoms with E-state index in [9.17, 15) is 13.6 Å². The van der Waals surface area contributed by atoms with Crippen molar-refractivity contribution in [2.45, 2.75) is 18.9 Å². The summed E-state index contributed by atoms with van der Waals surface area (Å²) in [6.45, 7) is 0.586. The SMILES string of the molecule is O=C(c1ccc(F)c(F)c1)N(CCBr)C1CC1. The Kier molecular flexibility index (Phi) is 3.76. The summed E-state index contributed by atoms with van der Waals surface area (Å²) in [6.07, 6.45) is 1.98. The molecule has 0 saturated heterocycles. The molecule has 0 aromatic heterocycles. The summed E-state index contributed by atoms with van der Waals surface area (Å²) in [7, 11) is 0. The minimum atomic E-state index is -0.981. The van der Waals surface area contributed by atoms with Crippen LogP contribution in [0, 0.1) is 11.6 Å². The quantitative estimate of drug-likeness (QED) is 0.783. The first-order chi connectivity index (χ1) is 8.13. The van der Waals surface area contributed by atoms with E-state index in [0.29, 0.717) is 11.9 Å². The Balaban J connectivity index is 2.19. The van der Waals surface area contributed by atoms with Crippen molar-refractivity contribution in [3.05, 3.63) is 35.4 Å². The molecule has 0 unspecified atom stereocenters. The average Bonchev–Trinajstić information content (AvgIpc) is 3.13. The molecule has 0 aliphatic heterocycles. The largest absolute Gasteiger partial charge is 0.335 e. The molecule has 0 atom stereocenters. The third-order valence-electron chi connectivity index (χ3n) is 2.74. The maximum atomic E-state index is 13.1. The smallest absolute Gasteiger partial charge is 0.254 e. The fraction of sp³-hybridized carbons (Fsp3) is 0.417. The number of hydrogen-bond acceptors (Lipinski definition) is 1. The molecule has 1 aliphatic rings. The van der Waals surface area contributed by atoms with Gasteiger partial charge in [0.15, 0.2) is 11.6 Å². The molecular formula is C12H12BrF2NO. The number of halogens is 3. The van der Waals surface area contributed by atoms with E-state index in [1.807, 2.05) is 0 Å². The van der Waals surface area contributed by atoms with Crippen molar-refractivity contribution >= 4 is 21.8 Å². The molecule has 1 saturated carbocycles. The molecule has 0 heterocycles. The van der Waals surface area contributed by atoms with E-state index in [-0.39, 0.29) is 17.5 Å². The first-order valence-corrected chi connectivity index (χ1v) is 6.57. The second-order valence-corrected chi connectivity index (χ2v) is 4.84. The summed E-state index contributed by atoms with van der Waals surface area (Å²) >= 11 is 3.29. The van der Waals surface area contributed by atoms with Gasteiger partial charge in [0, 0.05) is 23.5 Å². The zero-order chi connectivity index (χ0) is 12.4. The zero-order valence-electron chi connectivity index (χ0n) is 9.13. The average molecular weight is 304 g/mol. The van der Waals surface area contributed by atoms with Crippen molar-refractivity contribution in [3.8, 4) is 0 Å². The molecule has 92 valence electrons. The monoisotopic (exact) mass is 303 g/mol. The normalized spacial score (nSPS) is 14.8. The molecule has 1 aromatic carbocycles. The Morgan fingerprint density at radius 1 is 1.35 bits per heavy atom. The Morgan fingerprint density at radius 3 is 2.59 bits per heavy atom. The summed E-state index contributed by atoms with van der Waals surface area (Å²) < 4.78 is 25.8. The molecule has 0 bridgehead atoms. The van der Waals surface area contributed by atoms with Gasteiger partial charge in [0.2, 0.25) is 0 Å². The van der Waals surface area contributed by atoms with Crippen LogP contribution in [0.1, 0.15) is 23.2 Å². The number of amides is 1. The van der Waals surface area contributed by atoms with Gasteiger partial charge in [0.05, 0.1) is 0 Å². The molecule has 1 amide bonds. The highest BCUT2D eigenvalue weighted by atomic mass is 79.9. The molecule has 17 heavy (non-hydrogen) atoms. The zero-order valence-corrected chi connectivity index (χ0v) is 10.7. The lowest BCUT2D eigenvalue weighted by atomic mass is 10.2. The minimum absolute atomic E-state index is 0.205. The van der Waals surface area contributed by atoms with Crippen LogP contribution in [0.2, 0.25) is 0 Å². The molecular weight excluding hydrogens is 292 g/mol. The number of alkyl halides is 1. The molecule has 0 spiro atoms. The van der Waals surface area contributed by atoms with Crippen molar-refractivity contribution in [2.75, 3.05) is 11.9 Å². The van der Waals surface area contributed by atoms with Gasteiger partial charge in [-0.2, -0.15) is 0 Å². The van der Waals surface area contributed by atoms with E-state index in [4.69, 9.17) is 0 Å². The second kappa shape index (κ2) is 5.12. The fourth-order valence-corrected chi connectivity index (χ4v) is 2.10. The van der Waals surface area contributed by atoms with E-state index in [2.05, 4.69) is 15.9 Å². The third kappa shape index (κ3) is 2.83. The van der Waals surface area contributed by atoms with Crippen LogP contribution in [0.4, 0.5) is 8.78 Å². The summed E-state index contributed by atoms with van der Waals surface area (Å²) in [5, 5.41) is 0.679. The van der Waals surface area contributed by atoms with Gasteiger partial charge in [-0.25, -0.2) is 8.78 Å². The number of hydrogen-bond donors (Lipinski definition) is 0. The Morgan fingerprint density at radius 2 is 2.06 bits per heavy atom. The van der Waals surface area contributed by atoms with Crippen molar-refractivity contribution in [2.24, 2.45) is 0 Å². The summed E-state index contributed by atoms with van der Waals surface area (Å²) in [5.74, 6) is -2.14. The summed E-state index contributed by atoms with van der Waals surface area (Å²) in [4.78, 5) is 13.8. The molecule has 1 fully saturated rings. The lowest BCUT2D eigenvalue weighted by Crippen LogP contribution is -2.34. The molecule has 1 aromatic rings. The predicted molar refractivity (Wildman–Crippen MR) is 64.2 cm³/mol. The van der Waals surface area contributed by atoms with Crippen LogP contribution in [0.3, 0.4) is 0 Å². The molecule has 0 N–H and O–H groups in total. The summed E-state index contributed by atoms with van der Waals surface area (Å²) in [5.41, 5.74) is 0.205. The van der Waals surface area contributed by atoms with Gasteiger partial charge in [0.1, 0.15) is 0 Å². The minimum Gasteiger partial charge on any atom is -0.335 e. The number of carbonyl (C=O) groups is 1. The van der Waals surface area contributed by atoms with E-state index >= 15 is 0 Å². The Labute approximate surface area is 107 Å². The second-order valence-electron chi connectivity index (χ2n) is 4.05. The van der Waals surface area contributed by atoms with Crippen molar-refractivity contribution in [1.29, 1.82) is 0 Å². The van der Waals surface area contributed by atoms with Crippen LogP contribution in [-0.2, 0) is 0 Å². The fourth-order valence-electron chi connectivity index (χ4n) is 1.72. The van der Waals surface area contributed by atoms with Crippen LogP contribution < -0.4 is 0 Å². The maximum Gasteiger partial charge on any atom is 0.254 e. The molecule has 2 rings (SSSR count). The highest BCUT2D eigenvalue weighted by molar-refractivity contribution is 9.09.